The highest BCUT2D eigenvalue weighted by molar-refractivity contribution is 5.89. The van der Waals surface area contributed by atoms with Crippen molar-refractivity contribution >= 4 is 23.9 Å². The van der Waals surface area contributed by atoms with Crippen LogP contribution in [0.4, 0.5) is 10.5 Å². The summed E-state index contributed by atoms with van der Waals surface area (Å²) in [6, 6.07) is 7.02. The molecule has 0 unspecified atom stereocenters. The zero-order valence-electron chi connectivity index (χ0n) is 10.3. The van der Waals surface area contributed by atoms with Gasteiger partial charge in [0.1, 0.15) is 0 Å². The molecular formula is C12H15N3O3. The Hall–Kier alpha value is -2.37. The van der Waals surface area contributed by atoms with E-state index in [0.29, 0.717) is 12.3 Å². The Morgan fingerprint density at radius 1 is 1.33 bits per heavy atom. The van der Waals surface area contributed by atoms with Crippen LogP contribution in [0.15, 0.2) is 29.4 Å². The van der Waals surface area contributed by atoms with Crippen LogP contribution in [0, 0.1) is 0 Å². The molecule has 0 aliphatic heterocycles. The normalized spacial score (nSPS) is 10.1. The van der Waals surface area contributed by atoms with Gasteiger partial charge < -0.3 is 10.1 Å². The van der Waals surface area contributed by atoms with Gasteiger partial charge in [0.15, 0.2) is 0 Å². The number of benzene rings is 1. The number of rotatable bonds is 4. The Balaban J connectivity index is 2.50. The van der Waals surface area contributed by atoms with E-state index in [1.54, 1.807) is 31.2 Å². The van der Waals surface area contributed by atoms with Gasteiger partial charge in [0.25, 0.3) is 0 Å². The van der Waals surface area contributed by atoms with Gasteiger partial charge in [-0.3, -0.25) is 4.79 Å². The summed E-state index contributed by atoms with van der Waals surface area (Å²) in [5.74, 6) is -0.125. The van der Waals surface area contributed by atoms with Crippen LogP contribution < -0.4 is 10.7 Å². The molecule has 6 heteroatoms. The van der Waals surface area contributed by atoms with Gasteiger partial charge in [-0.05, 0) is 24.6 Å². The van der Waals surface area contributed by atoms with Crippen LogP contribution in [0.2, 0.25) is 0 Å². The second-order valence-electron chi connectivity index (χ2n) is 3.39. The molecule has 0 spiro atoms. The molecule has 0 aliphatic carbocycles. The molecule has 2 N–H and O–H groups in total. The van der Waals surface area contributed by atoms with Crippen LogP contribution in [0.3, 0.4) is 0 Å². The Morgan fingerprint density at radius 2 is 2.00 bits per heavy atom. The number of nitrogens with one attached hydrogen (secondary N) is 2. The minimum absolute atomic E-state index is 0.125. The van der Waals surface area contributed by atoms with Crippen molar-refractivity contribution < 1.29 is 14.3 Å². The molecule has 0 saturated carbocycles. The first kappa shape index (κ1) is 13.7. The van der Waals surface area contributed by atoms with Crippen molar-refractivity contribution in [1.29, 1.82) is 0 Å². The van der Waals surface area contributed by atoms with Crippen LogP contribution in [0.25, 0.3) is 0 Å². The van der Waals surface area contributed by atoms with Gasteiger partial charge in [0, 0.05) is 12.6 Å². The summed E-state index contributed by atoms with van der Waals surface area (Å²) in [4.78, 5) is 21.7. The van der Waals surface area contributed by atoms with Crippen LogP contribution >= 0.6 is 0 Å². The number of amides is 2. The first-order chi connectivity index (χ1) is 8.61. The Morgan fingerprint density at radius 3 is 2.56 bits per heavy atom. The van der Waals surface area contributed by atoms with E-state index >= 15 is 0 Å². The minimum Gasteiger partial charge on any atom is -0.449 e. The minimum atomic E-state index is -0.594. The largest absolute Gasteiger partial charge is 0.449 e. The zero-order chi connectivity index (χ0) is 13.4. The van der Waals surface area contributed by atoms with Crippen molar-refractivity contribution in [2.45, 2.75) is 13.8 Å². The summed E-state index contributed by atoms with van der Waals surface area (Å²) in [5, 5.41) is 6.36. The molecule has 0 aliphatic rings. The van der Waals surface area contributed by atoms with Crippen molar-refractivity contribution in [3.63, 3.8) is 0 Å². The van der Waals surface area contributed by atoms with Gasteiger partial charge in [0.2, 0.25) is 5.91 Å². The Labute approximate surface area is 105 Å². The van der Waals surface area contributed by atoms with Crippen molar-refractivity contribution in [3.05, 3.63) is 29.8 Å². The monoisotopic (exact) mass is 249 g/mol. The standard InChI is InChI=1S/C12H15N3O3/c1-3-18-12(17)15-13-8-10-4-6-11(7-5-10)14-9(2)16/h4-8H,3H2,1-2H3,(H,14,16)(H,15,17)/b13-8-. The number of hydrogen-bond donors (Lipinski definition) is 2. The third-order valence-electron chi connectivity index (χ3n) is 1.88. The third kappa shape index (κ3) is 5.11. The number of anilines is 1. The van der Waals surface area contributed by atoms with Crippen LogP contribution in [0.1, 0.15) is 19.4 Å². The molecule has 0 radical (unpaired) electrons. The van der Waals surface area contributed by atoms with Crippen LogP contribution in [0.5, 0.6) is 0 Å². The molecule has 0 bridgehead atoms. The zero-order valence-corrected chi connectivity index (χ0v) is 10.3. The third-order valence-corrected chi connectivity index (χ3v) is 1.88. The number of nitrogens with zero attached hydrogens (tertiary/aromatic N) is 1. The molecule has 0 heterocycles. The Bertz CT molecular complexity index is 440. The van der Waals surface area contributed by atoms with Crippen LogP contribution in [-0.4, -0.2) is 24.8 Å². The van der Waals surface area contributed by atoms with E-state index in [2.05, 4.69) is 20.6 Å². The number of hydrogen-bond acceptors (Lipinski definition) is 4. The predicted molar refractivity (Wildman–Crippen MR) is 68.5 cm³/mol. The molecule has 2 amide bonds. The molecular weight excluding hydrogens is 234 g/mol. The van der Waals surface area contributed by atoms with Gasteiger partial charge in [-0.1, -0.05) is 12.1 Å². The molecule has 96 valence electrons. The van der Waals surface area contributed by atoms with Gasteiger partial charge >= 0.3 is 6.09 Å². The van der Waals surface area contributed by atoms with E-state index in [1.165, 1.54) is 13.1 Å². The SMILES string of the molecule is CCOC(=O)N/N=C\c1ccc(NC(C)=O)cc1. The lowest BCUT2D eigenvalue weighted by Gasteiger charge is -2.01. The summed E-state index contributed by atoms with van der Waals surface area (Å²) in [6.45, 7) is 3.45. The molecule has 6 nitrogen and oxygen atoms in total. The lowest BCUT2D eigenvalue weighted by Crippen LogP contribution is -2.18. The van der Waals surface area contributed by atoms with Crippen molar-refractivity contribution in [3.8, 4) is 0 Å². The molecule has 1 rings (SSSR count). The maximum atomic E-state index is 10.9. The molecule has 18 heavy (non-hydrogen) atoms. The summed E-state index contributed by atoms with van der Waals surface area (Å²) in [6.07, 6.45) is 0.887. The van der Waals surface area contributed by atoms with Crippen molar-refractivity contribution in [1.82, 2.24) is 5.43 Å². The maximum absolute atomic E-state index is 10.9. The summed E-state index contributed by atoms with van der Waals surface area (Å²) in [7, 11) is 0. The summed E-state index contributed by atoms with van der Waals surface area (Å²) < 4.78 is 4.63. The lowest BCUT2D eigenvalue weighted by atomic mass is 10.2. The van der Waals surface area contributed by atoms with E-state index in [4.69, 9.17) is 0 Å². The highest BCUT2D eigenvalue weighted by atomic mass is 16.5. The summed E-state index contributed by atoms with van der Waals surface area (Å²) >= 11 is 0. The second kappa shape index (κ2) is 7.05. The van der Waals surface area contributed by atoms with E-state index in [-0.39, 0.29) is 5.91 Å². The molecule has 0 atom stereocenters. The number of hydrazone groups is 1. The fourth-order valence-electron chi connectivity index (χ4n) is 1.18. The highest BCUT2D eigenvalue weighted by Gasteiger charge is 1.96. The average Bonchev–Trinajstić information content (AvgIpc) is 2.31. The van der Waals surface area contributed by atoms with E-state index in [0.717, 1.165) is 5.56 Å². The smallest absolute Gasteiger partial charge is 0.427 e. The highest BCUT2D eigenvalue weighted by Crippen LogP contribution is 2.07. The molecule has 0 saturated heterocycles. The van der Waals surface area contributed by atoms with Crippen molar-refractivity contribution in [2.24, 2.45) is 5.10 Å². The molecule has 1 aromatic rings. The van der Waals surface area contributed by atoms with E-state index in [1.807, 2.05) is 0 Å². The lowest BCUT2D eigenvalue weighted by molar-refractivity contribution is -0.114. The molecule has 1 aromatic carbocycles. The van der Waals surface area contributed by atoms with Gasteiger partial charge in [-0.25, -0.2) is 10.2 Å². The fraction of sp³-hybridized carbons (Fsp3) is 0.250. The Kier molecular flexibility index (Phi) is 5.37. The average molecular weight is 249 g/mol. The first-order valence-electron chi connectivity index (χ1n) is 5.45. The number of carbonyl (C=O) groups excluding carboxylic acids is 2. The topological polar surface area (TPSA) is 79.8 Å². The fourth-order valence-corrected chi connectivity index (χ4v) is 1.18. The molecule has 0 fully saturated rings. The molecule has 0 aromatic heterocycles. The van der Waals surface area contributed by atoms with E-state index in [9.17, 15) is 9.59 Å². The number of ether oxygens (including phenoxy) is 1. The number of carbonyl (C=O) groups is 2. The maximum Gasteiger partial charge on any atom is 0.427 e. The van der Waals surface area contributed by atoms with Crippen molar-refractivity contribution in [2.75, 3.05) is 11.9 Å². The van der Waals surface area contributed by atoms with Crippen LogP contribution in [-0.2, 0) is 9.53 Å². The summed E-state index contributed by atoms with van der Waals surface area (Å²) in [5.41, 5.74) is 3.72. The van der Waals surface area contributed by atoms with E-state index < -0.39 is 6.09 Å². The first-order valence-corrected chi connectivity index (χ1v) is 5.45. The quantitative estimate of drug-likeness (QED) is 0.630. The predicted octanol–water partition coefficient (Wildman–Crippen LogP) is 1.72. The van der Waals surface area contributed by atoms with Gasteiger partial charge in [-0.15, -0.1) is 0 Å². The van der Waals surface area contributed by atoms with Gasteiger partial charge in [-0.2, -0.15) is 5.10 Å². The van der Waals surface area contributed by atoms with Gasteiger partial charge in [0.05, 0.1) is 12.8 Å². The second-order valence-corrected chi connectivity index (χ2v) is 3.39.